The molecule has 2 aromatic rings. The molecule has 0 spiro atoms. The van der Waals surface area contributed by atoms with Crippen LogP contribution < -0.4 is 4.74 Å². The number of pyridine rings is 1. The summed E-state index contributed by atoms with van der Waals surface area (Å²) in [6.07, 6.45) is 1.54. The van der Waals surface area contributed by atoms with E-state index in [1.54, 1.807) is 0 Å². The molecule has 0 unspecified atom stereocenters. The van der Waals surface area contributed by atoms with Gasteiger partial charge in [0.25, 0.3) is 0 Å². The predicted molar refractivity (Wildman–Crippen MR) is 62.9 cm³/mol. The van der Waals surface area contributed by atoms with E-state index in [0.29, 0.717) is 16.7 Å². The van der Waals surface area contributed by atoms with Gasteiger partial charge in [0.05, 0.1) is 16.7 Å². The molecule has 0 N–H and O–H groups in total. The number of benzene rings is 1. The molecule has 1 aromatic carbocycles. The van der Waals surface area contributed by atoms with Crippen LogP contribution in [-0.2, 0) is 0 Å². The molecule has 4 heteroatoms. The lowest BCUT2D eigenvalue weighted by Gasteiger charge is -2.07. The maximum Gasteiger partial charge on any atom is 0.145 e. The van der Waals surface area contributed by atoms with Crippen LogP contribution in [-0.4, -0.2) is 11.6 Å². The summed E-state index contributed by atoms with van der Waals surface area (Å²) >= 11 is 12.0. The number of hydrogen-bond donors (Lipinski definition) is 0. The Kier molecular flexibility index (Phi) is 2.98. The monoisotopic (exact) mass is 241 g/mol. The van der Waals surface area contributed by atoms with E-state index >= 15 is 0 Å². The molecule has 2 rings (SSSR count). The number of halogens is 2. The molecule has 0 aliphatic rings. The van der Waals surface area contributed by atoms with Gasteiger partial charge >= 0.3 is 0 Å². The molecule has 2 nitrogen and oxygen atoms in total. The van der Waals surface area contributed by atoms with E-state index in [1.165, 1.54) is 6.20 Å². The van der Waals surface area contributed by atoms with Crippen molar-refractivity contribution in [2.45, 2.75) is 6.92 Å². The second kappa shape index (κ2) is 4.25. The van der Waals surface area contributed by atoms with Crippen LogP contribution in [0.2, 0.25) is 10.0 Å². The summed E-state index contributed by atoms with van der Waals surface area (Å²) in [5.74, 6) is 0.730. The molecule has 0 amide bonds. The summed E-state index contributed by atoms with van der Waals surface area (Å²) in [7, 11) is 0. The second-order valence-electron chi connectivity index (χ2n) is 3.01. The van der Waals surface area contributed by atoms with Crippen LogP contribution in [0.3, 0.4) is 0 Å². The molecule has 15 heavy (non-hydrogen) atoms. The number of fused-ring (bicyclic) bond motifs is 1. The van der Waals surface area contributed by atoms with Crippen LogP contribution in [0.25, 0.3) is 10.9 Å². The molecule has 1 heterocycles. The molecule has 0 saturated carbocycles. The largest absolute Gasteiger partial charge is 0.492 e. The fraction of sp³-hybridized carbons (Fsp3) is 0.182. The SMILES string of the molecule is CCOc1cccc2c(Cl)c(Cl)cnc12. The minimum absolute atomic E-state index is 0.456. The van der Waals surface area contributed by atoms with Gasteiger partial charge in [-0.3, -0.25) is 4.98 Å². The van der Waals surface area contributed by atoms with E-state index in [1.807, 2.05) is 25.1 Å². The average molecular weight is 242 g/mol. The third-order valence-corrected chi connectivity index (χ3v) is 2.84. The summed E-state index contributed by atoms with van der Waals surface area (Å²) in [5.41, 5.74) is 0.744. The normalized spacial score (nSPS) is 10.6. The lowest BCUT2D eigenvalue weighted by molar-refractivity contribution is 0.343. The van der Waals surface area contributed by atoms with Gasteiger partial charge in [0, 0.05) is 11.6 Å². The Labute approximate surface area is 97.8 Å². The zero-order valence-electron chi connectivity index (χ0n) is 8.13. The quantitative estimate of drug-likeness (QED) is 0.795. The highest BCUT2D eigenvalue weighted by Gasteiger charge is 2.08. The molecule has 0 atom stereocenters. The van der Waals surface area contributed by atoms with Gasteiger partial charge < -0.3 is 4.74 Å². The van der Waals surface area contributed by atoms with Crippen molar-refractivity contribution in [3.63, 3.8) is 0 Å². The molecule has 0 fully saturated rings. The van der Waals surface area contributed by atoms with Gasteiger partial charge in [0.1, 0.15) is 11.3 Å². The molecule has 78 valence electrons. The standard InChI is InChI=1S/C11H9Cl2NO/c1-2-15-9-5-3-4-7-10(13)8(12)6-14-11(7)9/h3-6H,2H2,1H3. The van der Waals surface area contributed by atoms with Crippen molar-refractivity contribution in [1.82, 2.24) is 4.98 Å². The second-order valence-corrected chi connectivity index (χ2v) is 3.79. The van der Waals surface area contributed by atoms with Gasteiger partial charge in [-0.1, -0.05) is 35.3 Å². The van der Waals surface area contributed by atoms with E-state index < -0.39 is 0 Å². The highest BCUT2D eigenvalue weighted by molar-refractivity contribution is 6.45. The van der Waals surface area contributed by atoms with Gasteiger partial charge in [-0.15, -0.1) is 0 Å². The lowest BCUT2D eigenvalue weighted by atomic mass is 10.2. The number of nitrogens with zero attached hydrogens (tertiary/aromatic N) is 1. The van der Waals surface area contributed by atoms with Crippen molar-refractivity contribution in [2.24, 2.45) is 0 Å². The summed E-state index contributed by atoms with van der Waals surface area (Å²) in [4.78, 5) is 4.22. The topological polar surface area (TPSA) is 22.1 Å². The first-order valence-electron chi connectivity index (χ1n) is 4.59. The van der Waals surface area contributed by atoms with Crippen molar-refractivity contribution < 1.29 is 4.74 Å². The maximum atomic E-state index is 6.07. The van der Waals surface area contributed by atoms with Crippen LogP contribution in [0, 0.1) is 0 Å². The summed E-state index contributed by atoms with van der Waals surface area (Å²) in [5, 5.41) is 1.79. The minimum Gasteiger partial charge on any atom is -0.492 e. The molecular formula is C11H9Cl2NO. The van der Waals surface area contributed by atoms with Gasteiger partial charge in [-0.05, 0) is 13.0 Å². The Morgan fingerprint density at radius 3 is 2.87 bits per heavy atom. The number of para-hydroxylation sites is 1. The maximum absolute atomic E-state index is 6.07. The molecular weight excluding hydrogens is 233 g/mol. The molecule has 0 saturated heterocycles. The Bertz CT molecular complexity index is 499. The van der Waals surface area contributed by atoms with Crippen LogP contribution >= 0.6 is 23.2 Å². The smallest absolute Gasteiger partial charge is 0.145 e. The molecule has 0 bridgehead atoms. The van der Waals surface area contributed by atoms with Gasteiger partial charge in [-0.25, -0.2) is 0 Å². The lowest BCUT2D eigenvalue weighted by Crippen LogP contribution is -1.93. The van der Waals surface area contributed by atoms with Crippen LogP contribution in [0.1, 0.15) is 6.92 Å². The summed E-state index contributed by atoms with van der Waals surface area (Å²) < 4.78 is 5.45. The van der Waals surface area contributed by atoms with E-state index in [4.69, 9.17) is 27.9 Å². The Morgan fingerprint density at radius 2 is 2.13 bits per heavy atom. The fourth-order valence-corrected chi connectivity index (χ4v) is 1.76. The van der Waals surface area contributed by atoms with Crippen LogP contribution in [0.15, 0.2) is 24.4 Å². The first kappa shape index (κ1) is 10.5. The molecule has 1 aromatic heterocycles. The number of aromatic nitrogens is 1. The first-order chi connectivity index (χ1) is 7.24. The van der Waals surface area contributed by atoms with Crippen LogP contribution in [0.5, 0.6) is 5.75 Å². The predicted octanol–water partition coefficient (Wildman–Crippen LogP) is 3.94. The number of ether oxygens (including phenoxy) is 1. The van der Waals surface area contributed by atoms with Crippen LogP contribution in [0.4, 0.5) is 0 Å². The van der Waals surface area contributed by atoms with Crippen molar-refractivity contribution >= 4 is 34.1 Å². The van der Waals surface area contributed by atoms with E-state index in [9.17, 15) is 0 Å². The Morgan fingerprint density at radius 1 is 1.33 bits per heavy atom. The van der Waals surface area contributed by atoms with Gasteiger partial charge in [0.15, 0.2) is 0 Å². The summed E-state index contributed by atoms with van der Waals surface area (Å²) in [6, 6.07) is 5.61. The number of rotatable bonds is 2. The van der Waals surface area contributed by atoms with Gasteiger partial charge in [-0.2, -0.15) is 0 Å². The zero-order valence-corrected chi connectivity index (χ0v) is 9.64. The Balaban J connectivity index is 2.72. The fourth-order valence-electron chi connectivity index (χ4n) is 1.41. The molecule has 0 aliphatic carbocycles. The first-order valence-corrected chi connectivity index (χ1v) is 5.35. The molecule has 0 aliphatic heterocycles. The highest BCUT2D eigenvalue weighted by Crippen LogP contribution is 2.33. The highest BCUT2D eigenvalue weighted by atomic mass is 35.5. The van der Waals surface area contributed by atoms with Crippen molar-refractivity contribution in [2.75, 3.05) is 6.61 Å². The third-order valence-electron chi connectivity index (χ3n) is 2.05. The van der Waals surface area contributed by atoms with Gasteiger partial charge in [0.2, 0.25) is 0 Å². The van der Waals surface area contributed by atoms with E-state index in [0.717, 1.165) is 16.7 Å². The van der Waals surface area contributed by atoms with E-state index in [2.05, 4.69) is 4.98 Å². The van der Waals surface area contributed by atoms with E-state index in [-0.39, 0.29) is 0 Å². The number of hydrogen-bond acceptors (Lipinski definition) is 2. The zero-order chi connectivity index (χ0) is 10.8. The minimum atomic E-state index is 0.456. The average Bonchev–Trinajstić information content (AvgIpc) is 2.25. The van der Waals surface area contributed by atoms with Crippen molar-refractivity contribution in [3.8, 4) is 5.75 Å². The van der Waals surface area contributed by atoms with Crippen molar-refractivity contribution in [1.29, 1.82) is 0 Å². The Hall–Kier alpha value is -0.990. The third kappa shape index (κ3) is 1.87. The van der Waals surface area contributed by atoms with Crippen molar-refractivity contribution in [3.05, 3.63) is 34.4 Å². The molecule has 0 radical (unpaired) electrons. The summed E-state index contributed by atoms with van der Waals surface area (Å²) in [6.45, 7) is 2.53.